The van der Waals surface area contributed by atoms with Crippen LogP contribution in [-0.4, -0.2) is 36.1 Å². The lowest BCUT2D eigenvalue weighted by molar-refractivity contribution is 0.316. The minimum atomic E-state index is 0.867. The van der Waals surface area contributed by atoms with Gasteiger partial charge in [-0.05, 0) is 63.5 Å². The molecule has 106 valence electrons. The molecule has 1 aliphatic rings. The van der Waals surface area contributed by atoms with Gasteiger partial charge in [0.25, 0.3) is 0 Å². The number of aromatic nitrogens is 1. The van der Waals surface area contributed by atoms with Gasteiger partial charge in [-0.25, -0.2) is 0 Å². The first-order valence-electron chi connectivity index (χ1n) is 7.65. The van der Waals surface area contributed by atoms with Crippen LogP contribution < -0.4 is 5.32 Å². The summed E-state index contributed by atoms with van der Waals surface area (Å²) < 4.78 is 0. The summed E-state index contributed by atoms with van der Waals surface area (Å²) in [6.45, 7) is 3.45. The molecule has 0 spiro atoms. The maximum atomic E-state index is 4.05. The summed E-state index contributed by atoms with van der Waals surface area (Å²) in [5, 5.41) is 3.57. The van der Waals surface area contributed by atoms with E-state index in [1.807, 2.05) is 12.4 Å². The number of pyridine rings is 1. The smallest absolute Gasteiger partial charge is 0.0271 e. The second kappa shape index (κ2) is 8.28. The van der Waals surface area contributed by atoms with E-state index < -0.39 is 0 Å². The highest BCUT2D eigenvalue weighted by Crippen LogP contribution is 2.18. The van der Waals surface area contributed by atoms with Crippen LogP contribution in [0.1, 0.15) is 44.1 Å². The Morgan fingerprint density at radius 2 is 1.89 bits per heavy atom. The number of hydrogen-bond donors (Lipinski definition) is 1. The standard InChI is InChI=1S/C16H27N3/c1-19(14-15-8-11-17-12-9-15)13-5-3-2-4-10-18-16-6-7-16/h8-9,11-12,16,18H,2-7,10,13-14H2,1H3. The fraction of sp³-hybridized carbons (Fsp3) is 0.688. The van der Waals surface area contributed by atoms with Gasteiger partial charge < -0.3 is 10.2 Å². The molecule has 3 nitrogen and oxygen atoms in total. The number of nitrogens with zero attached hydrogens (tertiary/aromatic N) is 2. The van der Waals surface area contributed by atoms with Crippen LogP contribution in [0.2, 0.25) is 0 Å². The minimum absolute atomic E-state index is 0.867. The van der Waals surface area contributed by atoms with Gasteiger partial charge in [0, 0.05) is 25.0 Å². The zero-order valence-corrected chi connectivity index (χ0v) is 12.1. The van der Waals surface area contributed by atoms with Gasteiger partial charge in [0.1, 0.15) is 0 Å². The molecule has 1 aromatic heterocycles. The maximum Gasteiger partial charge on any atom is 0.0271 e. The molecule has 1 N–H and O–H groups in total. The van der Waals surface area contributed by atoms with Gasteiger partial charge in [0.2, 0.25) is 0 Å². The number of rotatable bonds is 10. The molecule has 0 atom stereocenters. The van der Waals surface area contributed by atoms with E-state index in [2.05, 4.69) is 34.4 Å². The van der Waals surface area contributed by atoms with E-state index in [9.17, 15) is 0 Å². The summed E-state index contributed by atoms with van der Waals surface area (Å²) in [5.74, 6) is 0. The third kappa shape index (κ3) is 6.69. The molecular formula is C16H27N3. The molecule has 0 amide bonds. The van der Waals surface area contributed by atoms with Gasteiger partial charge in [-0.3, -0.25) is 4.98 Å². The molecule has 3 heteroatoms. The predicted molar refractivity (Wildman–Crippen MR) is 80.1 cm³/mol. The summed E-state index contributed by atoms with van der Waals surface area (Å²) in [6, 6.07) is 5.06. The first-order valence-corrected chi connectivity index (χ1v) is 7.65. The van der Waals surface area contributed by atoms with Crippen LogP contribution in [0.3, 0.4) is 0 Å². The fourth-order valence-corrected chi connectivity index (χ4v) is 2.33. The second-order valence-corrected chi connectivity index (χ2v) is 5.74. The summed E-state index contributed by atoms with van der Waals surface area (Å²) in [5.41, 5.74) is 1.35. The Balaban J connectivity index is 1.43. The van der Waals surface area contributed by atoms with Crippen LogP contribution in [0.5, 0.6) is 0 Å². The highest BCUT2D eigenvalue weighted by Gasteiger charge is 2.19. The minimum Gasteiger partial charge on any atom is -0.314 e. The zero-order chi connectivity index (χ0) is 13.3. The molecule has 1 heterocycles. The first kappa shape index (κ1) is 14.5. The normalized spacial score (nSPS) is 15.1. The highest BCUT2D eigenvalue weighted by atomic mass is 15.1. The van der Waals surface area contributed by atoms with Gasteiger partial charge in [-0.15, -0.1) is 0 Å². The molecule has 0 unspecified atom stereocenters. The van der Waals surface area contributed by atoms with Crippen molar-refractivity contribution < 1.29 is 0 Å². The van der Waals surface area contributed by atoms with Crippen molar-refractivity contribution >= 4 is 0 Å². The first-order chi connectivity index (χ1) is 9.34. The van der Waals surface area contributed by atoms with Crippen molar-refractivity contribution in [3.63, 3.8) is 0 Å². The Morgan fingerprint density at radius 3 is 2.63 bits per heavy atom. The monoisotopic (exact) mass is 261 g/mol. The van der Waals surface area contributed by atoms with E-state index in [0.29, 0.717) is 0 Å². The summed E-state index contributed by atoms with van der Waals surface area (Å²) >= 11 is 0. The lowest BCUT2D eigenvalue weighted by Crippen LogP contribution is -2.19. The Labute approximate surface area is 117 Å². The van der Waals surface area contributed by atoms with E-state index in [4.69, 9.17) is 0 Å². The molecule has 0 aromatic carbocycles. The topological polar surface area (TPSA) is 28.2 Å². The summed E-state index contributed by atoms with van der Waals surface area (Å²) in [6.07, 6.45) is 11.9. The van der Waals surface area contributed by atoms with Crippen molar-refractivity contribution in [1.29, 1.82) is 0 Å². The Kier molecular flexibility index (Phi) is 6.31. The fourth-order valence-electron chi connectivity index (χ4n) is 2.33. The molecule has 1 saturated carbocycles. The molecule has 1 fully saturated rings. The summed E-state index contributed by atoms with van der Waals surface area (Å²) in [4.78, 5) is 6.45. The van der Waals surface area contributed by atoms with E-state index in [1.165, 1.54) is 57.2 Å². The highest BCUT2D eigenvalue weighted by molar-refractivity contribution is 5.09. The third-order valence-electron chi connectivity index (χ3n) is 3.68. The Bertz CT molecular complexity index is 335. The maximum absolute atomic E-state index is 4.05. The Hall–Kier alpha value is -0.930. The lowest BCUT2D eigenvalue weighted by Gasteiger charge is -2.16. The average Bonchev–Trinajstić information content (AvgIpc) is 3.23. The van der Waals surface area contributed by atoms with Gasteiger partial charge in [-0.2, -0.15) is 0 Å². The third-order valence-corrected chi connectivity index (χ3v) is 3.68. The van der Waals surface area contributed by atoms with E-state index >= 15 is 0 Å². The van der Waals surface area contributed by atoms with Crippen LogP contribution in [0.25, 0.3) is 0 Å². The summed E-state index contributed by atoms with van der Waals surface area (Å²) in [7, 11) is 2.20. The molecule has 1 aromatic rings. The average molecular weight is 261 g/mol. The van der Waals surface area contributed by atoms with E-state index in [1.54, 1.807) is 0 Å². The molecule has 0 saturated heterocycles. The molecule has 0 bridgehead atoms. The quantitative estimate of drug-likeness (QED) is 0.656. The molecule has 0 aliphatic heterocycles. The molecule has 2 rings (SSSR count). The van der Waals surface area contributed by atoms with Crippen molar-refractivity contribution in [2.45, 2.75) is 51.1 Å². The largest absolute Gasteiger partial charge is 0.314 e. The Morgan fingerprint density at radius 1 is 1.16 bits per heavy atom. The van der Waals surface area contributed by atoms with Gasteiger partial charge >= 0.3 is 0 Å². The van der Waals surface area contributed by atoms with Crippen molar-refractivity contribution in [2.75, 3.05) is 20.1 Å². The second-order valence-electron chi connectivity index (χ2n) is 5.74. The van der Waals surface area contributed by atoms with Crippen molar-refractivity contribution in [3.8, 4) is 0 Å². The molecule has 1 aliphatic carbocycles. The van der Waals surface area contributed by atoms with Crippen LogP contribution >= 0.6 is 0 Å². The number of unbranched alkanes of at least 4 members (excludes halogenated alkanes) is 3. The van der Waals surface area contributed by atoms with E-state index in [0.717, 1.165) is 12.6 Å². The lowest BCUT2D eigenvalue weighted by atomic mass is 10.2. The van der Waals surface area contributed by atoms with Gasteiger partial charge in [0.05, 0.1) is 0 Å². The number of hydrogen-bond acceptors (Lipinski definition) is 3. The van der Waals surface area contributed by atoms with Crippen molar-refractivity contribution in [1.82, 2.24) is 15.2 Å². The van der Waals surface area contributed by atoms with Crippen molar-refractivity contribution in [3.05, 3.63) is 30.1 Å². The molecule has 19 heavy (non-hydrogen) atoms. The molecular weight excluding hydrogens is 234 g/mol. The SMILES string of the molecule is CN(CCCCCCNC1CC1)Cc1ccncc1. The van der Waals surface area contributed by atoms with Gasteiger partial charge in [0.15, 0.2) is 0 Å². The van der Waals surface area contributed by atoms with E-state index in [-0.39, 0.29) is 0 Å². The molecule has 0 radical (unpaired) electrons. The van der Waals surface area contributed by atoms with Gasteiger partial charge in [-0.1, -0.05) is 12.8 Å². The van der Waals surface area contributed by atoms with Crippen LogP contribution in [-0.2, 0) is 6.54 Å². The zero-order valence-electron chi connectivity index (χ0n) is 12.1. The van der Waals surface area contributed by atoms with Crippen LogP contribution in [0, 0.1) is 0 Å². The predicted octanol–water partition coefficient (Wildman–Crippen LogP) is 2.83. The van der Waals surface area contributed by atoms with Crippen LogP contribution in [0.15, 0.2) is 24.5 Å². The van der Waals surface area contributed by atoms with Crippen molar-refractivity contribution in [2.24, 2.45) is 0 Å². The number of nitrogens with one attached hydrogen (secondary N) is 1. The van der Waals surface area contributed by atoms with Crippen LogP contribution in [0.4, 0.5) is 0 Å².